The summed E-state index contributed by atoms with van der Waals surface area (Å²) in [6.07, 6.45) is 3.69. The number of carbonyl (C=O) groups excluding carboxylic acids is 1. The molecule has 1 unspecified atom stereocenters. The van der Waals surface area contributed by atoms with E-state index in [0.717, 1.165) is 39.8 Å². The van der Waals surface area contributed by atoms with Crippen molar-refractivity contribution in [2.24, 2.45) is 0 Å². The Morgan fingerprint density at radius 2 is 1.76 bits per heavy atom. The summed E-state index contributed by atoms with van der Waals surface area (Å²) in [6.45, 7) is 2.02. The van der Waals surface area contributed by atoms with E-state index in [9.17, 15) is 4.79 Å². The van der Waals surface area contributed by atoms with Gasteiger partial charge in [-0.15, -0.1) is 0 Å². The molecular weight excluding hydrogens is 308 g/mol. The molecule has 0 fully saturated rings. The van der Waals surface area contributed by atoms with Gasteiger partial charge in [0.25, 0.3) is 0 Å². The molecule has 1 aliphatic heterocycles. The Balaban J connectivity index is 1.69. The first kappa shape index (κ1) is 14.5. The van der Waals surface area contributed by atoms with Crippen molar-refractivity contribution >= 4 is 22.6 Å². The van der Waals surface area contributed by atoms with Crippen molar-refractivity contribution in [1.29, 1.82) is 0 Å². The Labute approximate surface area is 146 Å². The van der Waals surface area contributed by atoms with Gasteiger partial charge < -0.3 is 4.74 Å². The maximum atomic E-state index is 13.3. The molecule has 1 spiro atoms. The average Bonchev–Trinajstić information content (AvgIpc) is 2.66. The number of ketones is 1. The van der Waals surface area contributed by atoms with Crippen molar-refractivity contribution in [3.63, 3.8) is 0 Å². The van der Waals surface area contributed by atoms with Crippen LogP contribution in [0.4, 0.5) is 0 Å². The fourth-order valence-electron chi connectivity index (χ4n) is 4.19. The van der Waals surface area contributed by atoms with E-state index in [0.29, 0.717) is 6.42 Å². The minimum Gasteiger partial charge on any atom is -0.474 e. The largest absolute Gasteiger partial charge is 0.474 e. The van der Waals surface area contributed by atoms with Crippen LogP contribution in [0.3, 0.4) is 0 Å². The van der Waals surface area contributed by atoms with Crippen LogP contribution in [0.15, 0.2) is 66.2 Å². The first-order valence-electron chi connectivity index (χ1n) is 8.71. The predicted molar refractivity (Wildman–Crippen MR) is 100 cm³/mol. The Kier molecular flexibility index (Phi) is 2.93. The minimum atomic E-state index is -0.857. The van der Waals surface area contributed by atoms with Gasteiger partial charge in [-0.05, 0) is 47.4 Å². The lowest BCUT2D eigenvalue weighted by molar-refractivity contribution is 0.0520. The lowest BCUT2D eigenvalue weighted by Gasteiger charge is -2.40. The molecule has 0 radical (unpaired) electrons. The SMILES string of the molecule is CC1=Cc2c(ccc3ccccc23)OC12CCc1ccccc1C2=O. The van der Waals surface area contributed by atoms with E-state index in [2.05, 4.69) is 24.3 Å². The maximum absolute atomic E-state index is 13.3. The minimum absolute atomic E-state index is 0.0851. The Morgan fingerprint density at radius 3 is 2.68 bits per heavy atom. The normalized spacial score (nSPS) is 21.5. The lowest BCUT2D eigenvalue weighted by Crippen LogP contribution is -2.50. The molecule has 1 aliphatic carbocycles. The summed E-state index contributed by atoms with van der Waals surface area (Å²) in [7, 11) is 0. The number of hydrogen-bond acceptors (Lipinski definition) is 2. The molecule has 0 saturated carbocycles. The molecule has 0 N–H and O–H groups in total. The first-order valence-corrected chi connectivity index (χ1v) is 8.71. The van der Waals surface area contributed by atoms with E-state index in [-0.39, 0.29) is 5.78 Å². The van der Waals surface area contributed by atoms with Gasteiger partial charge in [-0.3, -0.25) is 4.79 Å². The monoisotopic (exact) mass is 326 g/mol. The third-order valence-electron chi connectivity index (χ3n) is 5.59. The summed E-state index contributed by atoms with van der Waals surface area (Å²) in [5.41, 5.74) is 3.14. The molecule has 1 atom stereocenters. The van der Waals surface area contributed by atoms with Gasteiger partial charge in [0.05, 0.1) is 0 Å². The zero-order valence-electron chi connectivity index (χ0n) is 14.1. The fourth-order valence-corrected chi connectivity index (χ4v) is 4.19. The van der Waals surface area contributed by atoms with Gasteiger partial charge in [-0.25, -0.2) is 0 Å². The highest BCUT2D eigenvalue weighted by Crippen LogP contribution is 2.44. The molecule has 25 heavy (non-hydrogen) atoms. The highest BCUT2D eigenvalue weighted by Gasteiger charge is 2.48. The topological polar surface area (TPSA) is 26.3 Å². The third-order valence-corrected chi connectivity index (χ3v) is 5.59. The summed E-state index contributed by atoms with van der Waals surface area (Å²) in [6, 6.07) is 20.2. The molecule has 2 heteroatoms. The van der Waals surface area contributed by atoms with Crippen LogP contribution < -0.4 is 4.74 Å². The van der Waals surface area contributed by atoms with Crippen LogP contribution in [0.1, 0.15) is 34.8 Å². The van der Waals surface area contributed by atoms with Crippen molar-refractivity contribution < 1.29 is 9.53 Å². The Hall–Kier alpha value is -2.87. The van der Waals surface area contributed by atoms with Crippen LogP contribution in [0.5, 0.6) is 5.75 Å². The molecule has 2 nitrogen and oxygen atoms in total. The Bertz CT molecular complexity index is 1060. The van der Waals surface area contributed by atoms with Crippen LogP contribution in [0, 0.1) is 0 Å². The molecule has 0 bridgehead atoms. The number of Topliss-reactive ketones (excluding diaryl/α,β-unsaturated/α-hetero) is 1. The first-order chi connectivity index (χ1) is 12.2. The Morgan fingerprint density at radius 1 is 0.960 bits per heavy atom. The summed E-state index contributed by atoms with van der Waals surface area (Å²) < 4.78 is 6.43. The maximum Gasteiger partial charge on any atom is 0.210 e. The van der Waals surface area contributed by atoms with Crippen molar-refractivity contribution in [3.8, 4) is 5.75 Å². The van der Waals surface area contributed by atoms with Crippen molar-refractivity contribution in [3.05, 3.63) is 82.9 Å². The van der Waals surface area contributed by atoms with Crippen LogP contribution >= 0.6 is 0 Å². The van der Waals surface area contributed by atoms with Crippen molar-refractivity contribution in [2.75, 3.05) is 0 Å². The van der Waals surface area contributed by atoms with Gasteiger partial charge in [0.15, 0.2) is 5.60 Å². The van der Waals surface area contributed by atoms with E-state index in [1.807, 2.05) is 49.4 Å². The molecular formula is C23H18O2. The number of hydrogen-bond donors (Lipinski definition) is 0. The van der Waals surface area contributed by atoms with Crippen LogP contribution in [-0.2, 0) is 6.42 Å². The number of benzene rings is 3. The molecule has 122 valence electrons. The standard InChI is InChI=1S/C23H18O2/c1-15-14-20-18-8-4-2-6-16(18)10-11-21(20)25-23(15)13-12-17-7-3-5-9-19(17)22(23)24/h2-11,14H,12-13H2,1H3. The predicted octanol–water partition coefficient (Wildman–Crippen LogP) is 5.20. The molecule has 3 aromatic rings. The third kappa shape index (κ3) is 1.94. The zero-order chi connectivity index (χ0) is 17.0. The summed E-state index contributed by atoms with van der Waals surface area (Å²) in [5.74, 6) is 0.888. The molecule has 5 rings (SSSR count). The van der Waals surface area contributed by atoms with E-state index in [4.69, 9.17) is 4.74 Å². The van der Waals surface area contributed by atoms with Gasteiger partial charge in [-0.2, -0.15) is 0 Å². The van der Waals surface area contributed by atoms with Crippen molar-refractivity contribution in [2.45, 2.75) is 25.4 Å². The molecule has 2 aliphatic rings. The number of fused-ring (bicyclic) bond motifs is 4. The summed E-state index contributed by atoms with van der Waals surface area (Å²) in [5, 5.41) is 2.35. The van der Waals surface area contributed by atoms with Crippen molar-refractivity contribution in [1.82, 2.24) is 0 Å². The van der Waals surface area contributed by atoms with Gasteiger partial charge >= 0.3 is 0 Å². The highest BCUT2D eigenvalue weighted by atomic mass is 16.5. The lowest BCUT2D eigenvalue weighted by atomic mass is 9.73. The van der Waals surface area contributed by atoms with E-state index in [1.54, 1.807) is 0 Å². The summed E-state index contributed by atoms with van der Waals surface area (Å²) in [4.78, 5) is 13.3. The van der Waals surface area contributed by atoms with Crippen LogP contribution in [-0.4, -0.2) is 11.4 Å². The molecule has 0 amide bonds. The highest BCUT2D eigenvalue weighted by molar-refractivity contribution is 6.09. The molecule has 0 saturated heterocycles. The second-order valence-corrected chi connectivity index (χ2v) is 6.94. The van der Waals surface area contributed by atoms with Crippen LogP contribution in [0.2, 0.25) is 0 Å². The number of aryl methyl sites for hydroxylation is 1. The summed E-state index contributed by atoms with van der Waals surface area (Å²) >= 11 is 0. The molecule has 0 aromatic heterocycles. The number of carbonyl (C=O) groups is 1. The van der Waals surface area contributed by atoms with Gasteiger partial charge in [0.1, 0.15) is 5.75 Å². The second kappa shape index (κ2) is 5.06. The number of ether oxygens (including phenoxy) is 1. The quantitative estimate of drug-likeness (QED) is 0.567. The zero-order valence-corrected chi connectivity index (χ0v) is 14.1. The van der Waals surface area contributed by atoms with Crippen LogP contribution in [0.25, 0.3) is 16.8 Å². The van der Waals surface area contributed by atoms with E-state index < -0.39 is 5.60 Å². The van der Waals surface area contributed by atoms with E-state index >= 15 is 0 Å². The second-order valence-electron chi connectivity index (χ2n) is 6.94. The molecule has 3 aromatic carbocycles. The average molecular weight is 326 g/mol. The smallest absolute Gasteiger partial charge is 0.210 e. The fraction of sp³-hybridized carbons (Fsp3) is 0.174. The van der Waals surface area contributed by atoms with Gasteiger partial charge in [0.2, 0.25) is 5.78 Å². The molecule has 1 heterocycles. The van der Waals surface area contributed by atoms with Gasteiger partial charge in [-0.1, -0.05) is 54.6 Å². The van der Waals surface area contributed by atoms with Gasteiger partial charge in [0, 0.05) is 17.5 Å². The number of rotatable bonds is 0. The van der Waals surface area contributed by atoms with E-state index in [1.165, 1.54) is 5.39 Å².